The normalized spacial score (nSPS) is 18.0. The molecule has 4 nitrogen and oxygen atoms in total. The van der Waals surface area contributed by atoms with Gasteiger partial charge in [-0.05, 0) is 18.3 Å². The predicted octanol–water partition coefficient (Wildman–Crippen LogP) is 2.67. The Morgan fingerprint density at radius 2 is 1.50 bits per heavy atom. The molecule has 0 aliphatic carbocycles. The summed E-state index contributed by atoms with van der Waals surface area (Å²) in [5.41, 5.74) is -0.453. The summed E-state index contributed by atoms with van der Waals surface area (Å²) < 4.78 is 0. The van der Waals surface area contributed by atoms with Crippen molar-refractivity contribution in [1.82, 2.24) is 4.90 Å². The van der Waals surface area contributed by atoms with Crippen molar-refractivity contribution in [2.24, 2.45) is 5.41 Å². The van der Waals surface area contributed by atoms with Crippen LogP contribution in [0.4, 0.5) is 0 Å². The molecular formula is C14H25NO3. The van der Waals surface area contributed by atoms with E-state index in [9.17, 15) is 9.59 Å². The van der Waals surface area contributed by atoms with E-state index >= 15 is 0 Å². The number of carboxylic acids is 1. The van der Waals surface area contributed by atoms with Gasteiger partial charge in [-0.2, -0.15) is 0 Å². The van der Waals surface area contributed by atoms with Crippen LogP contribution in [0.2, 0.25) is 0 Å². The van der Waals surface area contributed by atoms with Crippen molar-refractivity contribution in [3.05, 3.63) is 0 Å². The number of rotatable bonds is 4. The van der Waals surface area contributed by atoms with Gasteiger partial charge in [0.1, 0.15) is 0 Å². The maximum atomic E-state index is 12.2. The SMILES string of the molecule is CC(C)(CC(=O)O)CC(=O)N1CCCCCCC1. The number of hydrogen-bond acceptors (Lipinski definition) is 2. The molecule has 1 fully saturated rings. The molecule has 0 radical (unpaired) electrons. The fourth-order valence-electron chi connectivity index (χ4n) is 2.49. The molecule has 0 bridgehead atoms. The van der Waals surface area contributed by atoms with E-state index in [2.05, 4.69) is 0 Å². The van der Waals surface area contributed by atoms with Crippen molar-refractivity contribution in [1.29, 1.82) is 0 Å². The van der Waals surface area contributed by atoms with Crippen LogP contribution in [0, 0.1) is 5.41 Å². The molecule has 1 aliphatic rings. The maximum Gasteiger partial charge on any atom is 0.303 e. The van der Waals surface area contributed by atoms with Gasteiger partial charge in [-0.3, -0.25) is 9.59 Å². The minimum atomic E-state index is -0.833. The molecule has 4 heteroatoms. The zero-order chi connectivity index (χ0) is 13.6. The van der Waals surface area contributed by atoms with Crippen LogP contribution in [0.25, 0.3) is 0 Å². The molecule has 0 aromatic heterocycles. The highest BCUT2D eigenvalue weighted by Gasteiger charge is 2.27. The average molecular weight is 255 g/mol. The van der Waals surface area contributed by atoms with Crippen LogP contribution in [0.15, 0.2) is 0 Å². The van der Waals surface area contributed by atoms with Crippen LogP contribution in [-0.4, -0.2) is 35.0 Å². The van der Waals surface area contributed by atoms with Crippen LogP contribution in [0.1, 0.15) is 58.8 Å². The molecule has 1 amide bonds. The maximum absolute atomic E-state index is 12.2. The van der Waals surface area contributed by atoms with Crippen molar-refractivity contribution < 1.29 is 14.7 Å². The molecule has 0 aromatic rings. The summed E-state index contributed by atoms with van der Waals surface area (Å²) in [6.07, 6.45) is 6.19. The first-order valence-electron chi connectivity index (χ1n) is 6.90. The highest BCUT2D eigenvalue weighted by molar-refractivity contribution is 5.78. The lowest BCUT2D eigenvalue weighted by Crippen LogP contribution is -2.36. The molecule has 1 rings (SSSR count). The lowest BCUT2D eigenvalue weighted by atomic mass is 9.85. The van der Waals surface area contributed by atoms with Crippen LogP contribution >= 0.6 is 0 Å². The molecule has 1 aliphatic heterocycles. The Bertz CT molecular complexity index is 291. The summed E-state index contributed by atoms with van der Waals surface area (Å²) in [5, 5.41) is 8.83. The number of amides is 1. The van der Waals surface area contributed by atoms with E-state index in [1.165, 1.54) is 19.3 Å². The summed E-state index contributed by atoms with van der Waals surface area (Å²) in [7, 11) is 0. The first-order valence-corrected chi connectivity index (χ1v) is 6.90. The third kappa shape index (κ3) is 5.52. The highest BCUT2D eigenvalue weighted by Crippen LogP contribution is 2.26. The third-order valence-electron chi connectivity index (χ3n) is 3.47. The van der Waals surface area contributed by atoms with Crippen molar-refractivity contribution in [2.45, 2.75) is 58.8 Å². The molecule has 0 aromatic carbocycles. The summed E-state index contributed by atoms with van der Waals surface area (Å²) in [4.78, 5) is 24.9. The average Bonchev–Trinajstić information content (AvgIpc) is 2.12. The fourth-order valence-corrected chi connectivity index (χ4v) is 2.49. The Morgan fingerprint density at radius 3 is 2.00 bits per heavy atom. The van der Waals surface area contributed by atoms with Gasteiger partial charge in [0, 0.05) is 19.5 Å². The Morgan fingerprint density at radius 1 is 1.00 bits per heavy atom. The number of carboxylic acid groups (broad SMARTS) is 1. The second kappa shape index (κ2) is 6.76. The van der Waals surface area contributed by atoms with E-state index in [0.29, 0.717) is 6.42 Å². The van der Waals surface area contributed by atoms with Gasteiger partial charge in [-0.15, -0.1) is 0 Å². The second-order valence-corrected chi connectivity index (χ2v) is 6.06. The van der Waals surface area contributed by atoms with Crippen LogP contribution in [0.3, 0.4) is 0 Å². The molecule has 0 saturated carbocycles. The number of likely N-dealkylation sites (tertiary alicyclic amines) is 1. The van der Waals surface area contributed by atoms with Crippen LogP contribution in [-0.2, 0) is 9.59 Å². The smallest absolute Gasteiger partial charge is 0.303 e. The fraction of sp³-hybridized carbons (Fsp3) is 0.857. The van der Waals surface area contributed by atoms with E-state index in [0.717, 1.165) is 25.9 Å². The Hall–Kier alpha value is -1.06. The molecule has 0 unspecified atom stereocenters. The highest BCUT2D eigenvalue weighted by atomic mass is 16.4. The molecular weight excluding hydrogens is 230 g/mol. The quantitative estimate of drug-likeness (QED) is 0.840. The number of carbonyl (C=O) groups excluding carboxylic acids is 1. The van der Waals surface area contributed by atoms with Gasteiger partial charge in [-0.1, -0.05) is 33.1 Å². The monoisotopic (exact) mass is 255 g/mol. The largest absolute Gasteiger partial charge is 0.481 e. The summed E-state index contributed by atoms with van der Waals surface area (Å²) >= 11 is 0. The number of hydrogen-bond donors (Lipinski definition) is 1. The molecule has 1 saturated heterocycles. The van der Waals surface area contributed by atoms with Gasteiger partial charge in [0.15, 0.2) is 0 Å². The summed E-state index contributed by atoms with van der Waals surface area (Å²) in [6, 6.07) is 0. The molecule has 0 spiro atoms. The standard InChI is InChI=1S/C14H25NO3/c1-14(2,11-13(17)18)10-12(16)15-8-6-4-3-5-7-9-15/h3-11H2,1-2H3,(H,17,18). The number of carbonyl (C=O) groups is 2. The van der Waals surface area contributed by atoms with Gasteiger partial charge >= 0.3 is 5.97 Å². The van der Waals surface area contributed by atoms with E-state index in [1.807, 2.05) is 18.7 Å². The third-order valence-corrected chi connectivity index (χ3v) is 3.47. The van der Waals surface area contributed by atoms with E-state index < -0.39 is 11.4 Å². The summed E-state index contributed by atoms with van der Waals surface area (Å²) in [5.74, 6) is -0.719. The predicted molar refractivity (Wildman–Crippen MR) is 70.3 cm³/mol. The van der Waals surface area contributed by atoms with Gasteiger partial charge in [0.2, 0.25) is 5.91 Å². The molecule has 18 heavy (non-hydrogen) atoms. The van der Waals surface area contributed by atoms with Crippen molar-refractivity contribution in [3.8, 4) is 0 Å². The minimum Gasteiger partial charge on any atom is -0.481 e. The zero-order valence-electron chi connectivity index (χ0n) is 11.6. The van der Waals surface area contributed by atoms with Crippen LogP contribution < -0.4 is 0 Å². The van der Waals surface area contributed by atoms with E-state index in [4.69, 9.17) is 5.11 Å². The molecule has 104 valence electrons. The second-order valence-electron chi connectivity index (χ2n) is 6.06. The van der Waals surface area contributed by atoms with Gasteiger partial charge < -0.3 is 10.0 Å². The molecule has 1 heterocycles. The first kappa shape index (κ1) is 15.0. The van der Waals surface area contributed by atoms with Gasteiger partial charge in [0.25, 0.3) is 0 Å². The van der Waals surface area contributed by atoms with Gasteiger partial charge in [0.05, 0.1) is 6.42 Å². The lowest BCUT2D eigenvalue weighted by molar-refractivity contribution is -0.140. The zero-order valence-corrected chi connectivity index (χ0v) is 11.6. The first-order chi connectivity index (χ1) is 8.41. The Labute approximate surface area is 109 Å². The Kier molecular flexibility index (Phi) is 5.63. The van der Waals surface area contributed by atoms with E-state index in [-0.39, 0.29) is 12.3 Å². The number of aliphatic carboxylic acids is 1. The molecule has 0 atom stereocenters. The number of nitrogens with zero attached hydrogens (tertiary/aromatic N) is 1. The van der Waals surface area contributed by atoms with E-state index in [1.54, 1.807) is 0 Å². The minimum absolute atomic E-state index is 0.0482. The summed E-state index contributed by atoms with van der Waals surface area (Å²) in [6.45, 7) is 5.37. The lowest BCUT2D eigenvalue weighted by Gasteiger charge is -2.29. The van der Waals surface area contributed by atoms with Crippen molar-refractivity contribution >= 4 is 11.9 Å². The van der Waals surface area contributed by atoms with Crippen molar-refractivity contribution in [2.75, 3.05) is 13.1 Å². The van der Waals surface area contributed by atoms with Gasteiger partial charge in [-0.25, -0.2) is 0 Å². The van der Waals surface area contributed by atoms with Crippen LogP contribution in [0.5, 0.6) is 0 Å². The topological polar surface area (TPSA) is 57.6 Å². The Balaban J connectivity index is 2.49. The van der Waals surface area contributed by atoms with Crippen molar-refractivity contribution in [3.63, 3.8) is 0 Å². The molecule has 1 N–H and O–H groups in total.